The van der Waals surface area contributed by atoms with E-state index in [9.17, 15) is 9.60 Å². The third-order valence-electron chi connectivity index (χ3n) is 1.57. The molecule has 0 atom stereocenters. The molecule has 6 heteroatoms. The van der Waals surface area contributed by atoms with Crippen LogP contribution in [-0.2, 0) is 0 Å². The minimum atomic E-state index is -0.509. The lowest BCUT2D eigenvalue weighted by atomic mass is 10.3. The van der Waals surface area contributed by atoms with Gasteiger partial charge in [-0.05, 0) is 17.0 Å². The lowest BCUT2D eigenvalue weighted by Gasteiger charge is -1.98. The average Bonchev–Trinajstić information content (AvgIpc) is 2.06. The first kappa shape index (κ1) is 7.66. The van der Waals surface area contributed by atoms with Crippen LogP contribution in [0.15, 0.2) is 18.2 Å². The zero-order valence-corrected chi connectivity index (χ0v) is 6.44. The maximum absolute atomic E-state index is 12.7. The van der Waals surface area contributed by atoms with Crippen LogP contribution in [0.1, 0.15) is 0 Å². The van der Waals surface area contributed by atoms with Crippen LogP contribution in [0.25, 0.3) is 11.0 Å². The highest BCUT2D eigenvalue weighted by atomic mass is 19.1. The third kappa shape index (κ3) is 1.22. The Bertz CT molecular complexity index is 473. The minimum absolute atomic E-state index is 0.0641. The maximum Gasteiger partial charge on any atom is 0.288 e. The van der Waals surface area contributed by atoms with Crippen LogP contribution in [-0.4, -0.2) is 10.1 Å². The normalized spacial score (nSPS) is 10.5. The van der Waals surface area contributed by atoms with Crippen LogP contribution in [0, 0.1) is 11.0 Å². The summed E-state index contributed by atoms with van der Waals surface area (Å²) in [5, 5.41) is 14.4. The van der Waals surface area contributed by atoms with Gasteiger partial charge in [-0.3, -0.25) is 0 Å². The molecule has 1 aromatic carbocycles. The van der Waals surface area contributed by atoms with Crippen LogP contribution < -0.4 is 10.6 Å². The Morgan fingerprint density at radius 3 is 3.00 bits per heavy atom. The number of hydrogen-bond donors (Lipinski definition) is 1. The molecule has 0 radical (unpaired) electrons. The molecule has 1 heterocycles. The number of aromatic nitrogens is 3. The Hall–Kier alpha value is -1.98. The third-order valence-corrected chi connectivity index (χ3v) is 1.57. The Morgan fingerprint density at radius 1 is 1.46 bits per heavy atom. The molecule has 2 rings (SSSR count). The molecule has 1 aromatic heterocycles. The SMILES string of the molecule is Nc1nc2ccc(F)cc2[n+]([O-])n1. The molecule has 0 fully saturated rings. The summed E-state index contributed by atoms with van der Waals surface area (Å²) in [5.41, 5.74) is 5.61. The van der Waals surface area contributed by atoms with Crippen molar-refractivity contribution in [3.63, 3.8) is 0 Å². The van der Waals surface area contributed by atoms with Gasteiger partial charge in [0.05, 0.1) is 11.2 Å². The first-order valence-corrected chi connectivity index (χ1v) is 3.49. The summed E-state index contributed by atoms with van der Waals surface area (Å²) in [6.07, 6.45) is 0. The van der Waals surface area contributed by atoms with Crippen molar-refractivity contribution in [1.82, 2.24) is 10.1 Å². The van der Waals surface area contributed by atoms with Gasteiger partial charge in [-0.25, -0.2) is 9.37 Å². The molecule has 2 N–H and O–H groups in total. The van der Waals surface area contributed by atoms with Gasteiger partial charge in [0.2, 0.25) is 0 Å². The fraction of sp³-hybridized carbons (Fsp3) is 0. The zero-order valence-electron chi connectivity index (χ0n) is 6.44. The number of nitrogens with zero attached hydrogens (tertiary/aromatic N) is 3. The molecule has 0 bridgehead atoms. The van der Waals surface area contributed by atoms with E-state index in [1.165, 1.54) is 12.1 Å². The summed E-state index contributed by atoms with van der Waals surface area (Å²) in [4.78, 5) is 4.01. The molecular formula is C7H5FN4O. The van der Waals surface area contributed by atoms with Crippen LogP contribution >= 0.6 is 0 Å². The van der Waals surface area contributed by atoms with E-state index < -0.39 is 5.82 Å². The maximum atomic E-state index is 12.7. The molecule has 0 saturated carbocycles. The molecule has 2 aromatic rings. The quantitative estimate of drug-likeness (QED) is 0.456. The standard InChI is InChI=1S/C7H5FN4O/c8-4-1-2-5-6(3-4)12(13)11-7(9)10-5/h1-3H,(H2,9,10,11). The fourth-order valence-electron chi connectivity index (χ4n) is 1.04. The Kier molecular flexibility index (Phi) is 1.48. The van der Waals surface area contributed by atoms with E-state index in [-0.39, 0.29) is 16.3 Å². The van der Waals surface area contributed by atoms with Crippen LogP contribution in [0.5, 0.6) is 0 Å². The van der Waals surface area contributed by atoms with Gasteiger partial charge in [-0.1, -0.05) is 0 Å². The molecule has 66 valence electrons. The van der Waals surface area contributed by atoms with Gasteiger partial charge in [0.1, 0.15) is 11.3 Å². The fourth-order valence-corrected chi connectivity index (χ4v) is 1.04. The Labute approximate surface area is 72.2 Å². The zero-order chi connectivity index (χ0) is 9.42. The number of nitrogen functional groups attached to an aromatic ring is 1. The lowest BCUT2D eigenvalue weighted by molar-refractivity contribution is -0.641. The van der Waals surface area contributed by atoms with Gasteiger partial charge < -0.3 is 10.9 Å². The number of fused-ring (bicyclic) bond motifs is 1. The van der Waals surface area contributed by atoms with E-state index in [0.29, 0.717) is 5.52 Å². The Balaban J connectivity index is 2.87. The second-order valence-electron chi connectivity index (χ2n) is 2.48. The summed E-state index contributed by atoms with van der Waals surface area (Å²) >= 11 is 0. The molecule has 5 nitrogen and oxygen atoms in total. The first-order chi connectivity index (χ1) is 6.16. The van der Waals surface area contributed by atoms with Gasteiger partial charge in [0, 0.05) is 0 Å². The summed E-state index contributed by atoms with van der Waals surface area (Å²) in [6.45, 7) is 0. The van der Waals surface area contributed by atoms with Crippen LogP contribution in [0.2, 0.25) is 0 Å². The topological polar surface area (TPSA) is 78.7 Å². The molecule has 0 saturated heterocycles. The largest absolute Gasteiger partial charge is 0.594 e. The molecule has 0 aliphatic heterocycles. The summed E-state index contributed by atoms with van der Waals surface area (Å²) in [6, 6.07) is 3.63. The van der Waals surface area contributed by atoms with Crippen molar-refractivity contribution in [1.29, 1.82) is 0 Å². The van der Waals surface area contributed by atoms with Crippen molar-refractivity contribution in [2.24, 2.45) is 0 Å². The number of rotatable bonds is 0. The van der Waals surface area contributed by atoms with Gasteiger partial charge in [-0.15, -0.1) is 0 Å². The molecular weight excluding hydrogens is 175 g/mol. The lowest BCUT2D eigenvalue weighted by Crippen LogP contribution is -2.33. The number of nitrogens with two attached hydrogens (primary N) is 1. The van der Waals surface area contributed by atoms with Gasteiger partial charge in [0.25, 0.3) is 11.5 Å². The van der Waals surface area contributed by atoms with Gasteiger partial charge >= 0.3 is 0 Å². The predicted molar refractivity (Wildman–Crippen MR) is 42.9 cm³/mol. The highest BCUT2D eigenvalue weighted by Gasteiger charge is 2.09. The number of anilines is 1. The summed E-state index contributed by atoms with van der Waals surface area (Å²) in [7, 11) is 0. The molecule has 0 amide bonds. The number of benzene rings is 1. The first-order valence-electron chi connectivity index (χ1n) is 3.49. The van der Waals surface area contributed by atoms with E-state index >= 15 is 0 Å². The van der Waals surface area contributed by atoms with Crippen molar-refractivity contribution >= 4 is 17.0 Å². The molecule has 13 heavy (non-hydrogen) atoms. The van der Waals surface area contributed by atoms with Crippen LogP contribution in [0.4, 0.5) is 10.3 Å². The monoisotopic (exact) mass is 180 g/mol. The van der Waals surface area contributed by atoms with Crippen LogP contribution in [0.3, 0.4) is 0 Å². The van der Waals surface area contributed by atoms with E-state index in [4.69, 9.17) is 5.73 Å². The highest BCUT2D eigenvalue weighted by molar-refractivity contribution is 5.71. The second-order valence-corrected chi connectivity index (χ2v) is 2.48. The minimum Gasteiger partial charge on any atom is -0.594 e. The van der Waals surface area contributed by atoms with E-state index in [2.05, 4.69) is 10.1 Å². The second kappa shape index (κ2) is 2.51. The molecule has 0 aliphatic carbocycles. The Morgan fingerprint density at radius 2 is 2.23 bits per heavy atom. The highest BCUT2D eigenvalue weighted by Crippen LogP contribution is 2.08. The number of hydrogen-bond acceptors (Lipinski definition) is 4. The van der Waals surface area contributed by atoms with E-state index in [1.54, 1.807) is 0 Å². The van der Waals surface area contributed by atoms with Crippen molar-refractivity contribution in [2.75, 3.05) is 5.73 Å². The molecule has 0 unspecified atom stereocenters. The predicted octanol–water partition coefficient (Wildman–Crippen LogP) is -0.0155. The average molecular weight is 180 g/mol. The van der Waals surface area contributed by atoms with Gasteiger partial charge in [-0.2, -0.15) is 0 Å². The summed E-state index contributed by atoms with van der Waals surface area (Å²) < 4.78 is 12.7. The molecule has 0 aliphatic rings. The van der Waals surface area contributed by atoms with Crippen molar-refractivity contribution < 1.29 is 9.24 Å². The number of halogens is 1. The van der Waals surface area contributed by atoms with Crippen molar-refractivity contribution in [2.45, 2.75) is 0 Å². The molecule has 0 spiro atoms. The smallest absolute Gasteiger partial charge is 0.288 e. The van der Waals surface area contributed by atoms with Gasteiger partial charge in [0.15, 0.2) is 0 Å². The van der Waals surface area contributed by atoms with E-state index in [1.807, 2.05) is 0 Å². The summed E-state index contributed by atoms with van der Waals surface area (Å²) in [5.74, 6) is -0.639. The van der Waals surface area contributed by atoms with Crippen molar-refractivity contribution in [3.8, 4) is 0 Å². The van der Waals surface area contributed by atoms with Crippen molar-refractivity contribution in [3.05, 3.63) is 29.2 Å². The van der Waals surface area contributed by atoms with E-state index in [0.717, 1.165) is 6.07 Å².